The highest BCUT2D eigenvalue weighted by atomic mass is 32.2. The quantitative estimate of drug-likeness (QED) is 0.542. The summed E-state index contributed by atoms with van der Waals surface area (Å²) in [5.74, 6) is -0.755. The van der Waals surface area contributed by atoms with Crippen molar-refractivity contribution in [2.45, 2.75) is 37.6 Å². The summed E-state index contributed by atoms with van der Waals surface area (Å²) < 4.78 is 33.7. The van der Waals surface area contributed by atoms with E-state index in [0.29, 0.717) is 13.1 Å². The van der Waals surface area contributed by atoms with Crippen LogP contribution in [0.1, 0.15) is 42.2 Å². The first-order valence-electron chi connectivity index (χ1n) is 10.3. The number of amides is 1. The molecule has 0 atom stereocenters. The average Bonchev–Trinajstić information content (AvgIpc) is 3.42. The smallest absolute Gasteiger partial charge is 0.307 e. The molecule has 2 aromatic heterocycles. The van der Waals surface area contributed by atoms with Crippen molar-refractivity contribution in [1.29, 1.82) is 0 Å². The third kappa shape index (κ3) is 5.50. The van der Waals surface area contributed by atoms with E-state index in [0.717, 1.165) is 18.4 Å². The van der Waals surface area contributed by atoms with Crippen LogP contribution in [0.4, 0.5) is 0 Å². The minimum atomic E-state index is -3.63. The number of hydrogen-bond acceptors (Lipinski definition) is 6. The van der Waals surface area contributed by atoms with E-state index in [1.807, 2.05) is 6.07 Å². The van der Waals surface area contributed by atoms with Crippen LogP contribution >= 0.6 is 0 Å². The van der Waals surface area contributed by atoms with Gasteiger partial charge in [-0.2, -0.15) is 4.31 Å². The van der Waals surface area contributed by atoms with Crippen molar-refractivity contribution in [2.75, 3.05) is 26.2 Å². The van der Waals surface area contributed by atoms with Gasteiger partial charge in [0.05, 0.1) is 13.0 Å². The zero-order valence-electron chi connectivity index (χ0n) is 17.9. The second kappa shape index (κ2) is 10.1. The molecule has 0 aliphatic carbocycles. The van der Waals surface area contributed by atoms with E-state index >= 15 is 0 Å². The average molecular weight is 449 g/mol. The maximum absolute atomic E-state index is 13.3. The topological polar surface area (TPSA) is 102 Å². The highest BCUT2D eigenvalue weighted by Crippen LogP contribution is 2.23. The Labute approximate surface area is 182 Å². The molecule has 0 bridgehead atoms. The molecule has 10 heteroatoms. The summed E-state index contributed by atoms with van der Waals surface area (Å²) in [5, 5.41) is 0. The van der Waals surface area contributed by atoms with Crippen LogP contribution in [-0.4, -0.2) is 65.3 Å². The number of hydrogen-bond donors (Lipinski definition) is 0. The van der Waals surface area contributed by atoms with Crippen LogP contribution in [0.15, 0.2) is 41.7 Å². The number of nitrogens with zero attached hydrogens (tertiary/aromatic N) is 4. The molecule has 1 saturated heterocycles. The summed E-state index contributed by atoms with van der Waals surface area (Å²) in [4.78, 5) is 30.9. The van der Waals surface area contributed by atoms with Crippen molar-refractivity contribution in [2.24, 2.45) is 7.05 Å². The van der Waals surface area contributed by atoms with Crippen LogP contribution < -0.4 is 0 Å². The molecule has 3 rings (SSSR count). The van der Waals surface area contributed by atoms with Gasteiger partial charge in [0, 0.05) is 51.8 Å². The lowest BCUT2D eigenvalue weighted by Gasteiger charge is -2.22. The SMILES string of the molecule is CCOC(=O)CCN(Cc1cccnc1)C(=O)c1cc(S(=O)(=O)N2CCCC2)cn1C. The second-order valence-corrected chi connectivity index (χ2v) is 9.36. The summed E-state index contributed by atoms with van der Waals surface area (Å²) in [6, 6.07) is 5.02. The Bertz CT molecular complexity index is 1010. The molecular formula is C21H28N4O5S. The molecule has 0 unspecified atom stereocenters. The monoisotopic (exact) mass is 448 g/mol. The number of carbonyl (C=O) groups excluding carboxylic acids is 2. The molecule has 0 radical (unpaired) electrons. The van der Waals surface area contributed by atoms with Gasteiger partial charge in [-0.15, -0.1) is 0 Å². The molecule has 2 aromatic rings. The van der Waals surface area contributed by atoms with Gasteiger partial charge in [0.25, 0.3) is 5.91 Å². The molecule has 0 spiro atoms. The van der Waals surface area contributed by atoms with Crippen molar-refractivity contribution in [1.82, 2.24) is 18.8 Å². The first kappa shape index (κ1) is 23.0. The molecule has 0 aromatic carbocycles. The van der Waals surface area contributed by atoms with Crippen molar-refractivity contribution >= 4 is 21.9 Å². The normalized spacial score (nSPS) is 14.5. The number of carbonyl (C=O) groups is 2. The number of esters is 1. The molecule has 0 saturated carbocycles. The molecule has 3 heterocycles. The highest BCUT2D eigenvalue weighted by Gasteiger charge is 2.30. The second-order valence-electron chi connectivity index (χ2n) is 7.43. The number of sulfonamides is 1. The summed E-state index contributed by atoms with van der Waals surface area (Å²) in [5.41, 5.74) is 1.05. The van der Waals surface area contributed by atoms with E-state index in [2.05, 4.69) is 4.98 Å². The molecule has 0 N–H and O–H groups in total. The zero-order valence-corrected chi connectivity index (χ0v) is 18.7. The number of pyridine rings is 1. The fourth-order valence-corrected chi connectivity index (χ4v) is 5.14. The molecule has 1 amide bonds. The van der Waals surface area contributed by atoms with Gasteiger partial charge in [-0.3, -0.25) is 14.6 Å². The summed E-state index contributed by atoms with van der Waals surface area (Å²) in [7, 11) is -1.99. The van der Waals surface area contributed by atoms with E-state index < -0.39 is 16.0 Å². The first-order chi connectivity index (χ1) is 14.8. The zero-order chi connectivity index (χ0) is 22.4. The van der Waals surface area contributed by atoms with Gasteiger partial charge in [-0.1, -0.05) is 6.07 Å². The van der Waals surface area contributed by atoms with Crippen molar-refractivity contribution in [3.05, 3.63) is 48.0 Å². The number of rotatable bonds is 9. The Hall–Kier alpha value is -2.72. The van der Waals surface area contributed by atoms with Gasteiger partial charge in [-0.25, -0.2) is 8.42 Å². The van der Waals surface area contributed by atoms with Gasteiger partial charge in [-0.05, 0) is 37.5 Å². The Kier molecular flexibility index (Phi) is 7.45. The molecule has 168 valence electrons. The van der Waals surface area contributed by atoms with Crippen molar-refractivity contribution in [3.63, 3.8) is 0 Å². The van der Waals surface area contributed by atoms with E-state index in [1.165, 1.54) is 26.0 Å². The predicted octanol–water partition coefficient (Wildman–Crippen LogP) is 1.80. The highest BCUT2D eigenvalue weighted by molar-refractivity contribution is 7.89. The van der Waals surface area contributed by atoms with Crippen LogP contribution in [0.25, 0.3) is 0 Å². The van der Waals surface area contributed by atoms with E-state index in [9.17, 15) is 18.0 Å². The van der Waals surface area contributed by atoms with Gasteiger partial charge >= 0.3 is 5.97 Å². The number of ether oxygens (including phenoxy) is 1. The Balaban J connectivity index is 1.84. The van der Waals surface area contributed by atoms with Crippen LogP contribution in [-0.2, 0) is 33.1 Å². The first-order valence-corrected chi connectivity index (χ1v) is 11.8. The largest absolute Gasteiger partial charge is 0.466 e. The van der Waals surface area contributed by atoms with Crippen molar-refractivity contribution < 1.29 is 22.7 Å². The van der Waals surface area contributed by atoms with Crippen molar-refractivity contribution in [3.8, 4) is 0 Å². The number of aromatic nitrogens is 2. The van der Waals surface area contributed by atoms with E-state index in [-0.39, 0.29) is 42.6 Å². The third-order valence-corrected chi connectivity index (χ3v) is 7.04. The Morgan fingerprint density at radius 3 is 2.65 bits per heavy atom. The van der Waals surface area contributed by atoms with Gasteiger partial charge in [0.15, 0.2) is 0 Å². The minimum Gasteiger partial charge on any atom is -0.466 e. The van der Waals surface area contributed by atoms with Crippen LogP contribution in [0.2, 0.25) is 0 Å². The van der Waals surface area contributed by atoms with Crippen LogP contribution in [0.3, 0.4) is 0 Å². The molecule has 1 aliphatic heterocycles. The molecular weight excluding hydrogens is 420 g/mol. The summed E-state index contributed by atoms with van der Waals surface area (Å²) in [6.45, 7) is 3.37. The summed E-state index contributed by atoms with van der Waals surface area (Å²) >= 11 is 0. The van der Waals surface area contributed by atoms with Gasteiger partial charge < -0.3 is 14.2 Å². The maximum Gasteiger partial charge on any atom is 0.307 e. The van der Waals surface area contributed by atoms with Crippen LogP contribution in [0.5, 0.6) is 0 Å². The minimum absolute atomic E-state index is 0.0448. The fraction of sp³-hybridized carbons (Fsp3) is 0.476. The third-order valence-electron chi connectivity index (χ3n) is 5.18. The number of aryl methyl sites for hydroxylation is 1. The molecule has 1 fully saturated rings. The Morgan fingerprint density at radius 2 is 2.00 bits per heavy atom. The summed E-state index contributed by atoms with van der Waals surface area (Å²) in [6.07, 6.45) is 6.48. The van der Waals surface area contributed by atoms with E-state index in [4.69, 9.17) is 4.74 Å². The molecule has 9 nitrogen and oxygen atoms in total. The lowest BCUT2D eigenvalue weighted by Crippen LogP contribution is -2.34. The van der Waals surface area contributed by atoms with Crippen LogP contribution in [0, 0.1) is 0 Å². The maximum atomic E-state index is 13.3. The van der Waals surface area contributed by atoms with E-state index in [1.54, 1.807) is 32.4 Å². The Morgan fingerprint density at radius 1 is 1.26 bits per heavy atom. The standard InChI is InChI=1S/C21H28N4O5S/c1-3-30-20(26)8-12-24(15-17-7-6-9-22-14-17)21(27)19-13-18(16-23(19)2)31(28,29)25-10-4-5-11-25/h6-7,9,13-14,16H,3-5,8,10-12,15H2,1-2H3. The lowest BCUT2D eigenvalue weighted by molar-refractivity contribution is -0.143. The lowest BCUT2D eigenvalue weighted by atomic mass is 10.2. The molecule has 31 heavy (non-hydrogen) atoms. The predicted molar refractivity (Wildman–Crippen MR) is 114 cm³/mol. The van der Waals surface area contributed by atoms with Gasteiger partial charge in [0.2, 0.25) is 10.0 Å². The van der Waals surface area contributed by atoms with Gasteiger partial charge in [0.1, 0.15) is 10.6 Å². The molecule has 1 aliphatic rings. The fourth-order valence-electron chi connectivity index (χ4n) is 3.55.